The molecule has 0 unspecified atom stereocenters. The van der Waals surface area contributed by atoms with Gasteiger partial charge in [0.15, 0.2) is 5.60 Å². The van der Waals surface area contributed by atoms with Gasteiger partial charge in [-0.1, -0.05) is 0 Å². The number of nitrogens with zero attached hydrogens (tertiary/aromatic N) is 2. The zero-order valence-electron chi connectivity index (χ0n) is 12.5. The van der Waals surface area contributed by atoms with Gasteiger partial charge in [0.25, 0.3) is 12.3 Å². The number of hydrogen-bond donors (Lipinski definition) is 1. The van der Waals surface area contributed by atoms with E-state index in [2.05, 4.69) is 5.32 Å². The normalized spacial score (nSPS) is 20.0. The average Bonchev–Trinajstić information content (AvgIpc) is 3.11. The molecule has 0 saturated carbocycles. The van der Waals surface area contributed by atoms with Gasteiger partial charge >= 0.3 is 12.1 Å². The molecular formula is C14H15F2N3O4S. The van der Waals surface area contributed by atoms with Gasteiger partial charge < -0.3 is 9.64 Å². The molecule has 2 fully saturated rings. The van der Waals surface area contributed by atoms with Gasteiger partial charge in [0.2, 0.25) is 0 Å². The highest BCUT2D eigenvalue weighted by molar-refractivity contribution is 7.14. The molecule has 1 aromatic heterocycles. The van der Waals surface area contributed by atoms with Crippen LogP contribution in [0.15, 0.2) is 17.5 Å². The lowest BCUT2D eigenvalue weighted by Gasteiger charge is -2.35. The molecule has 2 saturated heterocycles. The van der Waals surface area contributed by atoms with Crippen LogP contribution in [-0.4, -0.2) is 59.5 Å². The number of anilines is 1. The van der Waals surface area contributed by atoms with E-state index < -0.39 is 30.6 Å². The third kappa shape index (κ3) is 3.05. The van der Waals surface area contributed by atoms with Gasteiger partial charge in [0.05, 0.1) is 11.5 Å². The molecule has 0 bridgehead atoms. The summed E-state index contributed by atoms with van der Waals surface area (Å²) in [5, 5.41) is 5.26. The number of imide groups is 1. The minimum absolute atomic E-state index is 0.0924. The molecule has 0 atom stereocenters. The highest BCUT2D eigenvalue weighted by Gasteiger charge is 2.55. The summed E-state index contributed by atoms with van der Waals surface area (Å²) in [5.41, 5.74) is -1.42. The van der Waals surface area contributed by atoms with Crippen molar-refractivity contribution in [3.63, 3.8) is 0 Å². The van der Waals surface area contributed by atoms with Crippen LogP contribution in [-0.2, 0) is 9.53 Å². The first-order valence-corrected chi connectivity index (χ1v) is 8.22. The second-order valence-corrected chi connectivity index (χ2v) is 6.51. The summed E-state index contributed by atoms with van der Waals surface area (Å²) in [6.45, 7) is -0.584. The van der Waals surface area contributed by atoms with E-state index in [4.69, 9.17) is 4.74 Å². The van der Waals surface area contributed by atoms with E-state index >= 15 is 0 Å². The highest BCUT2D eigenvalue weighted by atomic mass is 32.1. The standard InChI is InChI=1S/C14H15F2N3O4S/c15-9(16)8-19-11(20)14(23-13(19)22)3-5-18(6-4-14)12(21)17-10-2-1-7-24-10/h1-2,7,9H,3-6,8H2,(H,17,21). The van der Waals surface area contributed by atoms with Crippen molar-refractivity contribution in [3.05, 3.63) is 17.5 Å². The number of carbonyl (C=O) groups is 3. The number of amides is 4. The zero-order valence-corrected chi connectivity index (χ0v) is 13.4. The summed E-state index contributed by atoms with van der Waals surface area (Å²) >= 11 is 1.38. The Morgan fingerprint density at radius 2 is 2.08 bits per heavy atom. The first-order chi connectivity index (χ1) is 11.4. The molecule has 4 amide bonds. The highest BCUT2D eigenvalue weighted by Crippen LogP contribution is 2.35. The van der Waals surface area contributed by atoms with Crippen LogP contribution in [0.5, 0.6) is 0 Å². The van der Waals surface area contributed by atoms with Crippen LogP contribution >= 0.6 is 11.3 Å². The fourth-order valence-corrected chi connectivity index (χ4v) is 3.42. The van der Waals surface area contributed by atoms with E-state index in [1.807, 2.05) is 5.38 Å². The van der Waals surface area contributed by atoms with Crippen LogP contribution in [0.4, 0.5) is 23.4 Å². The second-order valence-electron chi connectivity index (χ2n) is 5.56. The Hall–Kier alpha value is -2.23. The lowest BCUT2D eigenvalue weighted by Crippen LogP contribution is -2.52. The average molecular weight is 359 g/mol. The SMILES string of the molecule is O=C(Nc1cccs1)N1CCC2(CC1)OC(=O)N(CC(F)F)C2=O. The van der Waals surface area contributed by atoms with Gasteiger partial charge in [0, 0.05) is 25.9 Å². The molecule has 130 valence electrons. The Labute approximate surface area is 140 Å². The Morgan fingerprint density at radius 1 is 1.38 bits per heavy atom. The molecule has 1 N–H and O–H groups in total. The Morgan fingerprint density at radius 3 is 2.67 bits per heavy atom. The Balaban J connectivity index is 1.61. The van der Waals surface area contributed by atoms with Crippen LogP contribution in [0, 0.1) is 0 Å². The lowest BCUT2D eigenvalue weighted by molar-refractivity contribution is -0.140. The number of ether oxygens (including phenoxy) is 1. The van der Waals surface area contributed by atoms with Gasteiger partial charge in [-0.15, -0.1) is 11.3 Å². The molecule has 3 heterocycles. The number of carbonyl (C=O) groups excluding carboxylic acids is 3. The smallest absolute Gasteiger partial charge is 0.417 e. The summed E-state index contributed by atoms with van der Waals surface area (Å²) in [7, 11) is 0. The lowest BCUT2D eigenvalue weighted by atomic mass is 9.90. The van der Waals surface area contributed by atoms with Crippen LogP contribution in [0.25, 0.3) is 0 Å². The number of piperidine rings is 1. The summed E-state index contributed by atoms with van der Waals surface area (Å²) in [5.74, 6) is -0.744. The molecule has 0 aromatic carbocycles. The zero-order chi connectivity index (χ0) is 17.3. The molecule has 7 nitrogen and oxygen atoms in total. The molecule has 0 aliphatic carbocycles. The summed E-state index contributed by atoms with van der Waals surface area (Å²) < 4.78 is 30.0. The van der Waals surface area contributed by atoms with Crippen molar-refractivity contribution in [2.45, 2.75) is 24.9 Å². The predicted molar refractivity (Wildman–Crippen MR) is 81.1 cm³/mol. The summed E-state index contributed by atoms with van der Waals surface area (Å²) in [6, 6.07) is 3.26. The van der Waals surface area contributed by atoms with Crippen molar-refractivity contribution < 1.29 is 27.9 Å². The number of halogens is 2. The molecule has 24 heavy (non-hydrogen) atoms. The Bertz CT molecular complexity index is 644. The number of alkyl halides is 2. The number of thiophene rings is 1. The molecule has 10 heteroatoms. The number of rotatable bonds is 3. The largest absolute Gasteiger partial charge is 0.432 e. The summed E-state index contributed by atoms with van der Waals surface area (Å²) in [4.78, 5) is 38.1. The molecule has 2 aliphatic rings. The second kappa shape index (κ2) is 6.34. The van der Waals surface area contributed by atoms with Crippen LogP contribution < -0.4 is 5.32 Å². The van der Waals surface area contributed by atoms with Crippen molar-refractivity contribution in [2.24, 2.45) is 0 Å². The van der Waals surface area contributed by atoms with Crippen molar-refractivity contribution >= 4 is 34.4 Å². The maximum atomic E-state index is 12.5. The molecule has 0 radical (unpaired) electrons. The van der Waals surface area contributed by atoms with Gasteiger partial charge in [-0.25, -0.2) is 23.3 Å². The minimum atomic E-state index is -2.81. The van der Waals surface area contributed by atoms with E-state index in [0.29, 0.717) is 9.90 Å². The van der Waals surface area contributed by atoms with Gasteiger partial charge in [-0.05, 0) is 17.5 Å². The van der Waals surface area contributed by atoms with Crippen LogP contribution in [0.1, 0.15) is 12.8 Å². The first-order valence-electron chi connectivity index (χ1n) is 7.34. The van der Waals surface area contributed by atoms with Gasteiger partial charge in [0.1, 0.15) is 0 Å². The number of likely N-dealkylation sites (tertiary alicyclic amines) is 1. The molecule has 1 spiro atoms. The fraction of sp³-hybridized carbons (Fsp3) is 0.500. The molecular weight excluding hydrogens is 344 g/mol. The van der Waals surface area contributed by atoms with Crippen LogP contribution in [0.2, 0.25) is 0 Å². The maximum Gasteiger partial charge on any atom is 0.417 e. The quantitative estimate of drug-likeness (QED) is 0.899. The monoisotopic (exact) mass is 359 g/mol. The van der Waals surface area contributed by atoms with Crippen molar-refractivity contribution in [3.8, 4) is 0 Å². The Kier molecular flexibility index (Phi) is 4.39. The van der Waals surface area contributed by atoms with E-state index in [0.717, 1.165) is 0 Å². The van der Waals surface area contributed by atoms with E-state index in [1.165, 1.54) is 16.2 Å². The maximum absolute atomic E-state index is 12.5. The van der Waals surface area contributed by atoms with Gasteiger partial charge in [-0.3, -0.25) is 10.1 Å². The van der Waals surface area contributed by atoms with Crippen molar-refractivity contribution in [1.82, 2.24) is 9.80 Å². The number of hydrogen-bond acceptors (Lipinski definition) is 5. The predicted octanol–water partition coefficient (Wildman–Crippen LogP) is 2.36. The number of urea groups is 1. The minimum Gasteiger partial charge on any atom is -0.432 e. The van der Waals surface area contributed by atoms with Gasteiger partial charge in [-0.2, -0.15) is 0 Å². The summed E-state index contributed by atoms with van der Waals surface area (Å²) in [6.07, 6.45) is -3.67. The van der Waals surface area contributed by atoms with Crippen LogP contribution in [0.3, 0.4) is 0 Å². The van der Waals surface area contributed by atoms with Crippen molar-refractivity contribution in [2.75, 3.05) is 25.0 Å². The number of nitrogens with one attached hydrogen (secondary N) is 1. The fourth-order valence-electron chi connectivity index (χ4n) is 2.81. The third-order valence-electron chi connectivity index (χ3n) is 4.07. The topological polar surface area (TPSA) is 79.0 Å². The van der Waals surface area contributed by atoms with E-state index in [1.54, 1.807) is 12.1 Å². The first kappa shape index (κ1) is 16.6. The molecule has 3 rings (SSSR count). The molecule has 2 aliphatic heterocycles. The van der Waals surface area contributed by atoms with E-state index in [9.17, 15) is 23.2 Å². The third-order valence-corrected chi connectivity index (χ3v) is 4.85. The van der Waals surface area contributed by atoms with Crippen molar-refractivity contribution in [1.29, 1.82) is 0 Å². The van der Waals surface area contributed by atoms with E-state index in [-0.39, 0.29) is 32.0 Å². The molecule has 1 aromatic rings.